The van der Waals surface area contributed by atoms with Crippen molar-refractivity contribution < 1.29 is 9.59 Å². The molecule has 1 saturated heterocycles. The first kappa shape index (κ1) is 14.2. The monoisotopic (exact) mass is 240 g/mol. The van der Waals surface area contributed by atoms with Gasteiger partial charge in [0.2, 0.25) is 11.8 Å². The van der Waals surface area contributed by atoms with Gasteiger partial charge in [-0.3, -0.25) is 14.5 Å². The highest BCUT2D eigenvalue weighted by Gasteiger charge is 2.38. The zero-order valence-electron chi connectivity index (χ0n) is 11.5. The summed E-state index contributed by atoms with van der Waals surface area (Å²) in [6.07, 6.45) is 0.363. The summed E-state index contributed by atoms with van der Waals surface area (Å²) in [5, 5.41) is 3.36. The van der Waals surface area contributed by atoms with Crippen molar-refractivity contribution >= 4 is 11.8 Å². The van der Waals surface area contributed by atoms with E-state index in [1.165, 1.54) is 4.90 Å². The van der Waals surface area contributed by atoms with Gasteiger partial charge in [0.05, 0.1) is 0 Å². The molecule has 0 spiro atoms. The number of nitrogens with zero attached hydrogens (tertiary/aromatic N) is 1. The Hall–Kier alpha value is -0.900. The second kappa shape index (κ2) is 5.17. The molecule has 0 aromatic heterocycles. The highest BCUT2D eigenvalue weighted by Crippen LogP contribution is 2.24. The summed E-state index contributed by atoms with van der Waals surface area (Å²) in [6.45, 7) is 11.5. The lowest BCUT2D eigenvalue weighted by atomic mass is 9.86. The van der Waals surface area contributed by atoms with E-state index in [1.807, 2.05) is 13.8 Å². The normalized spacial score (nSPS) is 23.4. The number of rotatable bonds is 4. The zero-order valence-corrected chi connectivity index (χ0v) is 11.5. The van der Waals surface area contributed by atoms with Gasteiger partial charge in [-0.2, -0.15) is 0 Å². The smallest absolute Gasteiger partial charge is 0.232 e. The van der Waals surface area contributed by atoms with Crippen LogP contribution in [0.1, 0.15) is 41.0 Å². The molecule has 17 heavy (non-hydrogen) atoms. The van der Waals surface area contributed by atoms with E-state index >= 15 is 0 Å². The number of likely N-dealkylation sites (tertiary alicyclic amines) is 1. The first-order valence-corrected chi connectivity index (χ1v) is 6.35. The summed E-state index contributed by atoms with van der Waals surface area (Å²) in [5.41, 5.74) is 0.0302. The van der Waals surface area contributed by atoms with E-state index in [2.05, 4.69) is 26.1 Å². The van der Waals surface area contributed by atoms with Crippen LogP contribution in [-0.4, -0.2) is 35.8 Å². The van der Waals surface area contributed by atoms with Crippen LogP contribution in [-0.2, 0) is 9.59 Å². The number of likely N-dealkylation sites (N-methyl/N-ethyl adjacent to an activating group) is 1. The molecule has 2 unspecified atom stereocenters. The summed E-state index contributed by atoms with van der Waals surface area (Å²) in [7, 11) is 0. The molecule has 0 aromatic carbocycles. The molecule has 0 radical (unpaired) electrons. The third-order valence-electron chi connectivity index (χ3n) is 3.33. The molecule has 0 aliphatic carbocycles. The number of carbonyl (C=O) groups excluding carboxylic acids is 2. The molecular weight excluding hydrogens is 216 g/mol. The van der Waals surface area contributed by atoms with E-state index in [9.17, 15) is 9.59 Å². The van der Waals surface area contributed by atoms with Gasteiger partial charge in [0.25, 0.3) is 0 Å². The lowest BCUT2D eigenvalue weighted by Gasteiger charge is -2.34. The van der Waals surface area contributed by atoms with Gasteiger partial charge in [-0.05, 0) is 12.0 Å². The van der Waals surface area contributed by atoms with Crippen LogP contribution in [0.15, 0.2) is 0 Å². The quantitative estimate of drug-likeness (QED) is 0.756. The number of hydrogen-bond acceptors (Lipinski definition) is 3. The average molecular weight is 240 g/mol. The topological polar surface area (TPSA) is 49.4 Å². The minimum Gasteiger partial charge on any atom is -0.312 e. The summed E-state index contributed by atoms with van der Waals surface area (Å²) in [4.78, 5) is 25.0. The first-order chi connectivity index (χ1) is 7.77. The number of imide groups is 1. The lowest BCUT2D eigenvalue weighted by molar-refractivity contribution is -0.140. The maximum absolute atomic E-state index is 11.9. The third-order valence-corrected chi connectivity index (χ3v) is 3.33. The van der Waals surface area contributed by atoms with Gasteiger partial charge in [0.1, 0.15) is 0 Å². The van der Waals surface area contributed by atoms with Gasteiger partial charge in [-0.1, -0.05) is 34.6 Å². The summed E-state index contributed by atoms with van der Waals surface area (Å²) < 4.78 is 0. The molecule has 1 heterocycles. The molecular formula is C13H24N2O2. The Labute approximate surface area is 104 Å². The van der Waals surface area contributed by atoms with E-state index in [0.29, 0.717) is 13.0 Å². The van der Waals surface area contributed by atoms with Crippen molar-refractivity contribution in [1.29, 1.82) is 0 Å². The maximum atomic E-state index is 11.9. The van der Waals surface area contributed by atoms with Crippen molar-refractivity contribution in [3.8, 4) is 0 Å². The Bertz CT molecular complexity index is 307. The molecule has 0 saturated carbocycles. The van der Waals surface area contributed by atoms with Crippen LogP contribution >= 0.6 is 0 Å². The van der Waals surface area contributed by atoms with E-state index < -0.39 is 0 Å². The van der Waals surface area contributed by atoms with Crippen molar-refractivity contribution in [1.82, 2.24) is 10.2 Å². The minimum absolute atomic E-state index is 0.0258. The Kier molecular flexibility index (Phi) is 4.31. The van der Waals surface area contributed by atoms with Crippen LogP contribution in [0.4, 0.5) is 0 Å². The molecule has 2 amide bonds. The molecule has 1 aliphatic rings. The molecule has 1 fully saturated rings. The van der Waals surface area contributed by atoms with Gasteiger partial charge in [0.15, 0.2) is 0 Å². The summed E-state index contributed by atoms with van der Waals surface area (Å²) in [6, 6.07) is 0.144. The van der Waals surface area contributed by atoms with Crippen molar-refractivity contribution in [2.24, 2.45) is 11.3 Å². The van der Waals surface area contributed by atoms with Gasteiger partial charge in [0, 0.05) is 24.9 Å². The molecule has 1 N–H and O–H groups in total. The van der Waals surface area contributed by atoms with Crippen molar-refractivity contribution in [3.05, 3.63) is 0 Å². The highest BCUT2D eigenvalue weighted by molar-refractivity contribution is 6.03. The largest absolute Gasteiger partial charge is 0.312 e. The Balaban J connectivity index is 2.74. The molecule has 0 bridgehead atoms. The van der Waals surface area contributed by atoms with E-state index in [0.717, 1.165) is 6.54 Å². The second-order valence-corrected chi connectivity index (χ2v) is 5.92. The highest BCUT2D eigenvalue weighted by atomic mass is 16.2. The number of nitrogens with one attached hydrogen (secondary N) is 1. The fourth-order valence-corrected chi connectivity index (χ4v) is 2.11. The molecule has 4 heteroatoms. The predicted octanol–water partition coefficient (Wildman–Crippen LogP) is 1.41. The predicted molar refractivity (Wildman–Crippen MR) is 67.4 cm³/mol. The molecule has 98 valence electrons. The van der Waals surface area contributed by atoms with Gasteiger partial charge < -0.3 is 5.32 Å². The Morgan fingerprint density at radius 2 is 2.00 bits per heavy atom. The third kappa shape index (κ3) is 3.28. The average Bonchev–Trinajstić information content (AvgIpc) is 2.42. The molecule has 4 nitrogen and oxygen atoms in total. The first-order valence-electron chi connectivity index (χ1n) is 6.35. The number of carbonyl (C=O) groups is 2. The standard InChI is InChI=1S/C13H24N2O2/c1-6-14-10(13(3,4)5)8-15-11(16)7-9(2)12(15)17/h9-10,14H,6-8H2,1-5H3. The van der Waals surface area contributed by atoms with Crippen molar-refractivity contribution in [3.63, 3.8) is 0 Å². The van der Waals surface area contributed by atoms with Crippen LogP contribution in [0.2, 0.25) is 0 Å². The summed E-state index contributed by atoms with van der Waals surface area (Å²) >= 11 is 0. The van der Waals surface area contributed by atoms with E-state index in [4.69, 9.17) is 0 Å². The van der Waals surface area contributed by atoms with Crippen LogP contribution in [0, 0.1) is 11.3 Å². The molecule has 1 aliphatic heterocycles. The van der Waals surface area contributed by atoms with Crippen LogP contribution in [0.25, 0.3) is 0 Å². The maximum Gasteiger partial charge on any atom is 0.232 e. The Morgan fingerprint density at radius 3 is 2.35 bits per heavy atom. The number of hydrogen-bond donors (Lipinski definition) is 1. The van der Waals surface area contributed by atoms with Gasteiger partial charge in [-0.25, -0.2) is 0 Å². The fraction of sp³-hybridized carbons (Fsp3) is 0.846. The lowest BCUT2D eigenvalue weighted by Crippen LogP contribution is -2.50. The SMILES string of the molecule is CCNC(CN1C(=O)CC(C)C1=O)C(C)(C)C. The number of amides is 2. The Morgan fingerprint density at radius 1 is 1.41 bits per heavy atom. The van der Waals surface area contributed by atoms with Gasteiger partial charge >= 0.3 is 0 Å². The van der Waals surface area contributed by atoms with Crippen molar-refractivity contribution in [2.75, 3.05) is 13.1 Å². The molecule has 1 rings (SSSR count). The van der Waals surface area contributed by atoms with Crippen LogP contribution in [0.3, 0.4) is 0 Å². The van der Waals surface area contributed by atoms with E-state index in [1.54, 1.807) is 0 Å². The summed E-state index contributed by atoms with van der Waals surface area (Å²) in [5.74, 6) is -0.207. The molecule has 2 atom stereocenters. The van der Waals surface area contributed by atoms with Crippen molar-refractivity contribution in [2.45, 2.75) is 47.1 Å². The second-order valence-electron chi connectivity index (χ2n) is 5.92. The molecule has 0 aromatic rings. The van der Waals surface area contributed by atoms with Crippen LogP contribution < -0.4 is 5.32 Å². The fourth-order valence-electron chi connectivity index (χ4n) is 2.11. The zero-order chi connectivity index (χ0) is 13.2. The minimum atomic E-state index is -0.148. The van der Waals surface area contributed by atoms with E-state index in [-0.39, 0.29) is 29.2 Å². The van der Waals surface area contributed by atoms with Crippen LogP contribution in [0.5, 0.6) is 0 Å². The van der Waals surface area contributed by atoms with Gasteiger partial charge in [-0.15, -0.1) is 0 Å².